The summed E-state index contributed by atoms with van der Waals surface area (Å²) in [5.74, 6) is 0.841. The van der Waals surface area contributed by atoms with Gasteiger partial charge in [0.1, 0.15) is 11.3 Å². The molecule has 0 unspecified atom stereocenters. The highest BCUT2D eigenvalue weighted by atomic mass is 16.5. The van der Waals surface area contributed by atoms with Crippen LogP contribution in [0.5, 0.6) is 5.75 Å². The third kappa shape index (κ3) is 1.78. The van der Waals surface area contributed by atoms with Crippen molar-refractivity contribution < 1.29 is 9.47 Å². The molecule has 3 rings (SSSR count). The third-order valence-corrected chi connectivity index (χ3v) is 3.37. The van der Waals surface area contributed by atoms with Crippen molar-refractivity contribution in [2.75, 3.05) is 20.3 Å². The largest absolute Gasteiger partial charge is 0.494 e. The van der Waals surface area contributed by atoms with Crippen molar-refractivity contribution in [1.29, 1.82) is 0 Å². The maximum absolute atomic E-state index is 5.40. The van der Waals surface area contributed by atoms with Gasteiger partial charge < -0.3 is 14.0 Å². The van der Waals surface area contributed by atoms with Crippen molar-refractivity contribution in [1.82, 2.24) is 9.55 Å². The number of para-hydroxylation sites is 1. The molecule has 0 radical (unpaired) electrons. The molecule has 0 spiro atoms. The summed E-state index contributed by atoms with van der Waals surface area (Å²) in [6, 6.07) is 6.56. The molecule has 0 bridgehead atoms. The first kappa shape index (κ1) is 10.6. The summed E-state index contributed by atoms with van der Waals surface area (Å²) in [5, 5.41) is 0. The van der Waals surface area contributed by atoms with Gasteiger partial charge in [0.2, 0.25) is 0 Å². The lowest BCUT2D eigenvalue weighted by atomic mass is 10.1. The summed E-state index contributed by atoms with van der Waals surface area (Å²) in [7, 11) is 1.68. The van der Waals surface area contributed by atoms with Crippen molar-refractivity contribution in [3.05, 3.63) is 24.5 Å². The molecular formula is C13H16N2O2. The van der Waals surface area contributed by atoms with Crippen LogP contribution in [-0.4, -0.2) is 29.9 Å². The average Bonchev–Trinajstić information content (AvgIpc) is 2.83. The molecule has 4 heteroatoms. The number of fused-ring (bicyclic) bond motifs is 1. The van der Waals surface area contributed by atoms with Crippen molar-refractivity contribution in [2.45, 2.75) is 18.9 Å². The quantitative estimate of drug-likeness (QED) is 0.797. The molecule has 0 atom stereocenters. The number of rotatable bonds is 2. The van der Waals surface area contributed by atoms with Crippen LogP contribution < -0.4 is 4.74 Å². The first-order chi connectivity index (χ1) is 8.40. The van der Waals surface area contributed by atoms with E-state index >= 15 is 0 Å². The van der Waals surface area contributed by atoms with Crippen molar-refractivity contribution in [3.63, 3.8) is 0 Å². The van der Waals surface area contributed by atoms with Gasteiger partial charge >= 0.3 is 0 Å². The van der Waals surface area contributed by atoms with Crippen molar-refractivity contribution >= 4 is 11.0 Å². The summed E-state index contributed by atoms with van der Waals surface area (Å²) >= 11 is 0. The topological polar surface area (TPSA) is 36.3 Å². The molecule has 0 aliphatic carbocycles. The molecule has 0 N–H and O–H groups in total. The van der Waals surface area contributed by atoms with Gasteiger partial charge in [0.25, 0.3) is 0 Å². The minimum atomic E-state index is 0.501. The molecule has 0 amide bonds. The lowest BCUT2D eigenvalue weighted by molar-refractivity contribution is 0.0706. The summed E-state index contributed by atoms with van der Waals surface area (Å²) in [6.45, 7) is 1.68. The van der Waals surface area contributed by atoms with E-state index in [0.29, 0.717) is 6.04 Å². The Balaban J connectivity index is 2.05. The Morgan fingerprint density at radius 3 is 2.94 bits per heavy atom. The molecule has 0 saturated carbocycles. The molecule has 17 heavy (non-hydrogen) atoms. The van der Waals surface area contributed by atoms with Crippen LogP contribution in [0.15, 0.2) is 24.5 Å². The van der Waals surface area contributed by atoms with Crippen LogP contribution in [0.25, 0.3) is 11.0 Å². The van der Waals surface area contributed by atoms with Gasteiger partial charge in [-0.15, -0.1) is 0 Å². The zero-order chi connectivity index (χ0) is 11.7. The second-order valence-corrected chi connectivity index (χ2v) is 4.32. The van der Waals surface area contributed by atoms with Crippen LogP contribution in [0.3, 0.4) is 0 Å². The Labute approximate surface area is 100 Å². The van der Waals surface area contributed by atoms with E-state index in [9.17, 15) is 0 Å². The molecule has 1 fully saturated rings. The maximum atomic E-state index is 5.40. The fourth-order valence-corrected chi connectivity index (χ4v) is 2.45. The van der Waals surface area contributed by atoms with Crippen LogP contribution >= 0.6 is 0 Å². The smallest absolute Gasteiger partial charge is 0.146 e. The van der Waals surface area contributed by atoms with Gasteiger partial charge in [-0.25, -0.2) is 4.98 Å². The van der Waals surface area contributed by atoms with Crippen LogP contribution in [-0.2, 0) is 4.74 Å². The molecule has 1 aliphatic rings. The van der Waals surface area contributed by atoms with Crippen LogP contribution in [0.1, 0.15) is 18.9 Å². The second-order valence-electron chi connectivity index (χ2n) is 4.32. The fraction of sp³-hybridized carbons (Fsp3) is 0.462. The van der Waals surface area contributed by atoms with Gasteiger partial charge in [-0.05, 0) is 25.0 Å². The molecule has 2 heterocycles. The van der Waals surface area contributed by atoms with E-state index in [2.05, 4.69) is 15.6 Å². The van der Waals surface area contributed by atoms with E-state index in [1.54, 1.807) is 7.11 Å². The predicted octanol–water partition coefficient (Wildman–Crippen LogP) is 2.40. The Kier molecular flexibility index (Phi) is 2.73. The molecule has 1 saturated heterocycles. The first-order valence-corrected chi connectivity index (χ1v) is 5.97. The van der Waals surface area contributed by atoms with E-state index in [-0.39, 0.29) is 0 Å². The number of aromatic nitrogens is 2. The minimum Gasteiger partial charge on any atom is -0.494 e. The highest BCUT2D eigenvalue weighted by molar-refractivity contribution is 5.82. The van der Waals surface area contributed by atoms with Gasteiger partial charge in [0.15, 0.2) is 0 Å². The monoisotopic (exact) mass is 232 g/mol. The van der Waals surface area contributed by atoms with Gasteiger partial charge in [-0.1, -0.05) is 6.07 Å². The zero-order valence-corrected chi connectivity index (χ0v) is 9.93. The van der Waals surface area contributed by atoms with Crippen LogP contribution in [0, 0.1) is 0 Å². The number of ether oxygens (including phenoxy) is 2. The summed E-state index contributed by atoms with van der Waals surface area (Å²) in [5.41, 5.74) is 2.10. The Bertz CT molecular complexity index is 515. The number of hydrogen-bond acceptors (Lipinski definition) is 3. The number of methoxy groups -OCH3 is 1. The number of imidazole rings is 1. The SMILES string of the molecule is COc1cccc2c1ncn2C1CCOCC1. The standard InChI is InChI=1S/C13H16N2O2/c1-16-12-4-2-3-11-13(12)14-9-15(11)10-5-7-17-8-6-10/h2-4,9-10H,5-8H2,1H3. The first-order valence-electron chi connectivity index (χ1n) is 5.97. The number of hydrogen-bond donors (Lipinski definition) is 0. The Morgan fingerprint density at radius 1 is 1.35 bits per heavy atom. The van der Waals surface area contributed by atoms with Crippen LogP contribution in [0.2, 0.25) is 0 Å². The van der Waals surface area contributed by atoms with E-state index in [1.807, 2.05) is 18.5 Å². The molecule has 1 aromatic carbocycles. The minimum absolute atomic E-state index is 0.501. The lowest BCUT2D eigenvalue weighted by Gasteiger charge is -2.23. The molecular weight excluding hydrogens is 216 g/mol. The molecule has 2 aromatic rings. The average molecular weight is 232 g/mol. The summed E-state index contributed by atoms with van der Waals surface area (Å²) in [6.07, 6.45) is 4.04. The van der Waals surface area contributed by atoms with Gasteiger partial charge in [0, 0.05) is 19.3 Å². The molecule has 4 nitrogen and oxygen atoms in total. The fourth-order valence-electron chi connectivity index (χ4n) is 2.45. The molecule has 1 aromatic heterocycles. The zero-order valence-electron chi connectivity index (χ0n) is 9.93. The molecule has 90 valence electrons. The van der Waals surface area contributed by atoms with Crippen molar-refractivity contribution in [3.8, 4) is 5.75 Å². The molecule has 1 aliphatic heterocycles. The van der Waals surface area contributed by atoms with Crippen LogP contribution in [0.4, 0.5) is 0 Å². The van der Waals surface area contributed by atoms with Gasteiger partial charge in [0.05, 0.1) is 19.0 Å². The normalized spacial score (nSPS) is 17.5. The Morgan fingerprint density at radius 2 is 2.18 bits per heavy atom. The number of benzene rings is 1. The second kappa shape index (κ2) is 4.37. The maximum Gasteiger partial charge on any atom is 0.146 e. The van der Waals surface area contributed by atoms with E-state index in [1.165, 1.54) is 0 Å². The van der Waals surface area contributed by atoms with E-state index in [4.69, 9.17) is 9.47 Å². The Hall–Kier alpha value is -1.55. The highest BCUT2D eigenvalue weighted by Gasteiger charge is 2.18. The van der Waals surface area contributed by atoms with Gasteiger partial charge in [-0.2, -0.15) is 0 Å². The number of nitrogens with zero attached hydrogens (tertiary/aromatic N) is 2. The summed E-state index contributed by atoms with van der Waals surface area (Å²) in [4.78, 5) is 4.46. The lowest BCUT2D eigenvalue weighted by Crippen LogP contribution is -2.18. The summed E-state index contributed by atoms with van der Waals surface area (Å²) < 4.78 is 13.0. The van der Waals surface area contributed by atoms with Crippen molar-refractivity contribution in [2.24, 2.45) is 0 Å². The third-order valence-electron chi connectivity index (χ3n) is 3.37. The van der Waals surface area contributed by atoms with Gasteiger partial charge in [-0.3, -0.25) is 0 Å². The van der Waals surface area contributed by atoms with E-state index in [0.717, 1.165) is 42.8 Å². The van der Waals surface area contributed by atoms with E-state index < -0.39 is 0 Å². The highest BCUT2D eigenvalue weighted by Crippen LogP contribution is 2.29. The predicted molar refractivity (Wildman–Crippen MR) is 65.4 cm³/mol.